The molecule has 1 fully saturated rings. The van der Waals surface area contributed by atoms with Gasteiger partial charge in [0, 0.05) is 5.56 Å². The zero-order valence-electron chi connectivity index (χ0n) is 14.4. The molecule has 25 heavy (non-hydrogen) atoms. The lowest BCUT2D eigenvalue weighted by atomic mass is 9.81. The standard InChI is InChI=1S/C22H24O3/c23-21-20-12-11-19(24-14-16-7-3-1-4-8-16)13-18(20)15-25-22(21)17-9-5-2-6-10-17/h1,3-4,7-8,11-13,17,22H,2,5-6,9-10,14-15H2. The Kier molecular flexibility index (Phi) is 4.84. The zero-order chi connectivity index (χ0) is 17.1. The Morgan fingerprint density at radius 1 is 1.00 bits per heavy atom. The van der Waals surface area contributed by atoms with Crippen LogP contribution in [0.15, 0.2) is 48.5 Å². The molecule has 0 saturated heterocycles. The van der Waals surface area contributed by atoms with E-state index in [1.807, 2.05) is 48.5 Å². The fourth-order valence-electron chi connectivity index (χ4n) is 3.96. The van der Waals surface area contributed by atoms with Gasteiger partial charge in [0.25, 0.3) is 0 Å². The first kappa shape index (κ1) is 16.3. The quantitative estimate of drug-likeness (QED) is 0.794. The van der Waals surface area contributed by atoms with Gasteiger partial charge < -0.3 is 9.47 Å². The summed E-state index contributed by atoms with van der Waals surface area (Å²) in [5.74, 6) is 1.33. The third kappa shape index (κ3) is 3.62. The molecule has 2 aromatic carbocycles. The summed E-state index contributed by atoms with van der Waals surface area (Å²) >= 11 is 0. The van der Waals surface area contributed by atoms with Gasteiger partial charge in [0.2, 0.25) is 0 Å². The molecule has 1 unspecified atom stereocenters. The topological polar surface area (TPSA) is 35.5 Å². The van der Waals surface area contributed by atoms with Crippen molar-refractivity contribution in [2.45, 2.75) is 51.4 Å². The second-order valence-corrected chi connectivity index (χ2v) is 7.09. The Morgan fingerprint density at radius 3 is 2.60 bits per heavy atom. The van der Waals surface area contributed by atoms with Crippen molar-refractivity contribution >= 4 is 5.78 Å². The normalized spacial score (nSPS) is 21.0. The molecule has 0 radical (unpaired) electrons. The van der Waals surface area contributed by atoms with Crippen LogP contribution in [0.1, 0.15) is 53.6 Å². The van der Waals surface area contributed by atoms with E-state index >= 15 is 0 Å². The van der Waals surface area contributed by atoms with Crippen LogP contribution in [0.25, 0.3) is 0 Å². The Labute approximate surface area is 149 Å². The monoisotopic (exact) mass is 336 g/mol. The van der Waals surface area contributed by atoms with Crippen molar-refractivity contribution < 1.29 is 14.3 Å². The molecule has 2 aliphatic rings. The molecule has 3 nitrogen and oxygen atoms in total. The van der Waals surface area contributed by atoms with Crippen LogP contribution in [0.3, 0.4) is 0 Å². The van der Waals surface area contributed by atoms with E-state index in [0.29, 0.717) is 19.1 Å². The lowest BCUT2D eigenvalue weighted by Crippen LogP contribution is -2.37. The molecule has 1 atom stereocenters. The van der Waals surface area contributed by atoms with Crippen LogP contribution in [-0.4, -0.2) is 11.9 Å². The molecule has 1 heterocycles. The van der Waals surface area contributed by atoms with E-state index in [2.05, 4.69) is 0 Å². The van der Waals surface area contributed by atoms with Gasteiger partial charge in [0.05, 0.1) is 6.61 Å². The smallest absolute Gasteiger partial charge is 0.192 e. The van der Waals surface area contributed by atoms with E-state index < -0.39 is 0 Å². The number of benzene rings is 2. The number of hydrogen-bond acceptors (Lipinski definition) is 3. The molecule has 0 spiro atoms. The maximum atomic E-state index is 12.8. The van der Waals surface area contributed by atoms with E-state index in [0.717, 1.165) is 35.3 Å². The van der Waals surface area contributed by atoms with Gasteiger partial charge in [-0.15, -0.1) is 0 Å². The Hall–Kier alpha value is -2.13. The summed E-state index contributed by atoms with van der Waals surface area (Å²) in [4.78, 5) is 12.8. The summed E-state index contributed by atoms with van der Waals surface area (Å²) in [6.45, 7) is 1.03. The molecule has 1 aliphatic heterocycles. The number of ether oxygens (including phenoxy) is 2. The van der Waals surface area contributed by atoms with Crippen LogP contribution in [0.2, 0.25) is 0 Å². The first-order valence-corrected chi connectivity index (χ1v) is 9.27. The Balaban J connectivity index is 1.45. The molecule has 1 aliphatic carbocycles. The van der Waals surface area contributed by atoms with Crippen LogP contribution in [-0.2, 0) is 18.0 Å². The van der Waals surface area contributed by atoms with Crippen molar-refractivity contribution in [3.8, 4) is 5.75 Å². The second-order valence-electron chi connectivity index (χ2n) is 7.09. The predicted octanol–water partition coefficient (Wildman–Crippen LogP) is 4.93. The van der Waals surface area contributed by atoms with Crippen LogP contribution in [0.5, 0.6) is 5.75 Å². The minimum absolute atomic E-state index is 0.155. The lowest BCUT2D eigenvalue weighted by molar-refractivity contribution is -0.00737. The molecule has 0 amide bonds. The zero-order valence-corrected chi connectivity index (χ0v) is 14.4. The molecular weight excluding hydrogens is 312 g/mol. The highest BCUT2D eigenvalue weighted by molar-refractivity contribution is 6.01. The van der Waals surface area contributed by atoms with Gasteiger partial charge in [0.1, 0.15) is 18.5 Å². The van der Waals surface area contributed by atoms with E-state index in [9.17, 15) is 4.79 Å². The van der Waals surface area contributed by atoms with Gasteiger partial charge in [0.15, 0.2) is 5.78 Å². The fourth-order valence-corrected chi connectivity index (χ4v) is 3.96. The maximum absolute atomic E-state index is 12.8. The summed E-state index contributed by atoms with van der Waals surface area (Å²) < 4.78 is 11.8. The van der Waals surface area contributed by atoms with Crippen LogP contribution < -0.4 is 4.74 Å². The molecule has 0 N–H and O–H groups in total. The molecule has 3 heteroatoms. The minimum Gasteiger partial charge on any atom is -0.489 e. The van der Waals surface area contributed by atoms with E-state index in [1.54, 1.807) is 0 Å². The van der Waals surface area contributed by atoms with E-state index in [4.69, 9.17) is 9.47 Å². The molecule has 2 aromatic rings. The fraction of sp³-hybridized carbons (Fsp3) is 0.409. The van der Waals surface area contributed by atoms with Gasteiger partial charge >= 0.3 is 0 Å². The summed E-state index contributed by atoms with van der Waals surface area (Å²) in [5.41, 5.74) is 2.89. The minimum atomic E-state index is -0.246. The molecule has 0 aromatic heterocycles. The first-order chi connectivity index (χ1) is 12.3. The second kappa shape index (κ2) is 7.40. The first-order valence-electron chi connectivity index (χ1n) is 9.27. The van der Waals surface area contributed by atoms with Crippen molar-refractivity contribution in [1.82, 2.24) is 0 Å². The Morgan fingerprint density at radius 2 is 1.80 bits per heavy atom. The van der Waals surface area contributed by atoms with Crippen molar-refractivity contribution in [3.05, 3.63) is 65.2 Å². The number of Topliss-reactive ketones (excluding diaryl/α,β-unsaturated/α-hetero) is 1. The molecule has 1 saturated carbocycles. The summed E-state index contributed by atoms with van der Waals surface area (Å²) in [5, 5.41) is 0. The maximum Gasteiger partial charge on any atom is 0.192 e. The average molecular weight is 336 g/mol. The number of rotatable bonds is 4. The third-order valence-electron chi connectivity index (χ3n) is 5.35. The highest BCUT2D eigenvalue weighted by atomic mass is 16.5. The molecule has 0 bridgehead atoms. The average Bonchev–Trinajstić information content (AvgIpc) is 2.68. The highest BCUT2D eigenvalue weighted by Gasteiger charge is 2.35. The number of fused-ring (bicyclic) bond motifs is 1. The lowest BCUT2D eigenvalue weighted by Gasteiger charge is -2.32. The van der Waals surface area contributed by atoms with E-state index in [1.165, 1.54) is 19.3 Å². The van der Waals surface area contributed by atoms with Crippen molar-refractivity contribution in [1.29, 1.82) is 0 Å². The van der Waals surface area contributed by atoms with Gasteiger partial charge in [-0.05, 0) is 48.1 Å². The van der Waals surface area contributed by atoms with Gasteiger partial charge in [-0.2, -0.15) is 0 Å². The van der Waals surface area contributed by atoms with Crippen molar-refractivity contribution in [3.63, 3.8) is 0 Å². The molecular formula is C22H24O3. The third-order valence-corrected chi connectivity index (χ3v) is 5.35. The molecule has 4 rings (SSSR count). The summed E-state index contributed by atoms with van der Waals surface area (Å²) in [6.07, 6.45) is 5.71. The summed E-state index contributed by atoms with van der Waals surface area (Å²) in [6, 6.07) is 15.9. The number of hydrogen-bond donors (Lipinski definition) is 0. The Bertz CT molecular complexity index is 732. The van der Waals surface area contributed by atoms with Crippen LogP contribution in [0.4, 0.5) is 0 Å². The van der Waals surface area contributed by atoms with Crippen LogP contribution in [0, 0.1) is 5.92 Å². The van der Waals surface area contributed by atoms with Crippen molar-refractivity contribution in [2.24, 2.45) is 5.92 Å². The van der Waals surface area contributed by atoms with Gasteiger partial charge in [-0.3, -0.25) is 4.79 Å². The summed E-state index contributed by atoms with van der Waals surface area (Å²) in [7, 11) is 0. The van der Waals surface area contributed by atoms with Crippen LogP contribution >= 0.6 is 0 Å². The van der Waals surface area contributed by atoms with E-state index in [-0.39, 0.29) is 11.9 Å². The molecule has 130 valence electrons. The SMILES string of the molecule is O=C1c2ccc(OCc3ccccc3)cc2COC1C1CCCCC1. The number of carbonyl (C=O) groups is 1. The largest absolute Gasteiger partial charge is 0.489 e. The van der Waals surface area contributed by atoms with Gasteiger partial charge in [-0.25, -0.2) is 0 Å². The number of ketones is 1. The predicted molar refractivity (Wildman–Crippen MR) is 96.7 cm³/mol. The van der Waals surface area contributed by atoms with Gasteiger partial charge in [-0.1, -0.05) is 49.6 Å². The number of carbonyl (C=O) groups excluding carboxylic acids is 1. The highest BCUT2D eigenvalue weighted by Crippen LogP contribution is 2.34. The van der Waals surface area contributed by atoms with Crippen molar-refractivity contribution in [2.75, 3.05) is 0 Å².